The Kier molecular flexibility index (Phi) is 8.85. The first-order valence-corrected chi connectivity index (χ1v) is 10.2. The van der Waals surface area contributed by atoms with Crippen LogP contribution in [0.15, 0.2) is 30.5 Å². The SMILES string of the molecule is CC(=O)N[C@H](Cc1c[nH]c2ccccc12)C(=O)N[C@@H](CCC(=O)C=[N+]=[N-])C(=O)OC(C)C. The predicted octanol–water partition coefficient (Wildman–Crippen LogP) is 1.30. The molecule has 0 fully saturated rings. The largest absolute Gasteiger partial charge is 0.461 e. The molecule has 2 rings (SSSR count). The molecule has 0 radical (unpaired) electrons. The molecule has 2 aromatic rings. The number of amides is 2. The number of para-hydroxylation sites is 1. The smallest absolute Gasteiger partial charge is 0.328 e. The van der Waals surface area contributed by atoms with Crippen molar-refractivity contribution in [3.63, 3.8) is 0 Å². The fraction of sp³-hybridized carbons (Fsp3) is 0.409. The second kappa shape index (κ2) is 11.6. The molecule has 0 spiro atoms. The van der Waals surface area contributed by atoms with Gasteiger partial charge in [0.2, 0.25) is 17.6 Å². The first-order valence-electron chi connectivity index (χ1n) is 10.2. The molecule has 10 heteroatoms. The van der Waals surface area contributed by atoms with E-state index in [-0.39, 0.29) is 19.3 Å². The topological polar surface area (TPSA) is 154 Å². The lowest BCUT2D eigenvalue weighted by Crippen LogP contribution is -2.52. The molecule has 32 heavy (non-hydrogen) atoms. The average molecular weight is 441 g/mol. The molecule has 0 aliphatic heterocycles. The number of rotatable bonds is 11. The standard InChI is InChI=1S/C22H27N5O5/c1-13(2)32-22(31)19(9-8-16(29)12-25-23)27-21(30)20(26-14(3)28)10-15-11-24-18-7-5-4-6-17(15)18/h4-7,11-13,19-20,24H,8-10H2,1-3H3,(H,26,28)(H,27,30)/t19-,20+/m0/s1. The van der Waals surface area contributed by atoms with E-state index >= 15 is 0 Å². The van der Waals surface area contributed by atoms with Crippen LogP contribution in [0.1, 0.15) is 39.2 Å². The predicted molar refractivity (Wildman–Crippen MR) is 117 cm³/mol. The number of hydrogen-bond donors (Lipinski definition) is 3. The number of fused-ring (bicyclic) bond motifs is 1. The van der Waals surface area contributed by atoms with Gasteiger partial charge in [-0.1, -0.05) is 18.2 Å². The van der Waals surface area contributed by atoms with Gasteiger partial charge < -0.3 is 25.9 Å². The molecule has 1 aromatic carbocycles. The van der Waals surface area contributed by atoms with Gasteiger partial charge in [-0.25, -0.2) is 4.79 Å². The number of carbonyl (C=O) groups excluding carboxylic acids is 4. The fourth-order valence-corrected chi connectivity index (χ4v) is 3.23. The van der Waals surface area contributed by atoms with E-state index in [1.165, 1.54) is 6.92 Å². The quantitative estimate of drug-likeness (QED) is 0.208. The molecular formula is C22H27N5O5. The molecule has 0 aliphatic rings. The zero-order valence-electron chi connectivity index (χ0n) is 18.3. The highest BCUT2D eigenvalue weighted by molar-refractivity contribution is 6.25. The molecule has 0 aliphatic carbocycles. The second-order valence-corrected chi connectivity index (χ2v) is 7.61. The Bertz CT molecular complexity index is 1040. The number of aromatic nitrogens is 1. The van der Waals surface area contributed by atoms with Crippen molar-refractivity contribution in [1.29, 1.82) is 0 Å². The van der Waals surface area contributed by atoms with E-state index < -0.39 is 41.8 Å². The number of Topliss-reactive ketones (excluding diaryl/α,β-unsaturated/α-hetero) is 1. The number of esters is 1. The van der Waals surface area contributed by atoms with Crippen LogP contribution in [0.4, 0.5) is 0 Å². The Morgan fingerprint density at radius 2 is 1.88 bits per heavy atom. The highest BCUT2D eigenvalue weighted by atomic mass is 16.5. The Labute approximate surface area is 185 Å². The van der Waals surface area contributed by atoms with Gasteiger partial charge in [0.25, 0.3) is 0 Å². The fourth-order valence-electron chi connectivity index (χ4n) is 3.23. The molecule has 0 saturated carbocycles. The summed E-state index contributed by atoms with van der Waals surface area (Å²) in [5.41, 5.74) is 10.2. The van der Waals surface area contributed by atoms with E-state index in [1.54, 1.807) is 20.0 Å². The third kappa shape index (κ3) is 7.17. The normalized spacial score (nSPS) is 12.5. The Morgan fingerprint density at radius 1 is 1.16 bits per heavy atom. The van der Waals surface area contributed by atoms with Gasteiger partial charge in [-0.05, 0) is 31.9 Å². The maximum atomic E-state index is 13.0. The van der Waals surface area contributed by atoms with E-state index in [9.17, 15) is 19.2 Å². The van der Waals surface area contributed by atoms with Crippen LogP contribution in [0, 0.1) is 0 Å². The Morgan fingerprint density at radius 3 is 2.53 bits per heavy atom. The lowest BCUT2D eigenvalue weighted by atomic mass is 10.0. The van der Waals surface area contributed by atoms with Gasteiger partial charge in [0.15, 0.2) is 0 Å². The lowest BCUT2D eigenvalue weighted by molar-refractivity contribution is -0.152. The Hall–Kier alpha value is -3.78. The van der Waals surface area contributed by atoms with Gasteiger partial charge in [-0.3, -0.25) is 14.4 Å². The summed E-state index contributed by atoms with van der Waals surface area (Å²) >= 11 is 0. The summed E-state index contributed by atoms with van der Waals surface area (Å²) in [5, 5.41) is 6.12. The summed E-state index contributed by atoms with van der Waals surface area (Å²) in [6, 6.07) is 5.50. The minimum atomic E-state index is -1.11. The summed E-state index contributed by atoms with van der Waals surface area (Å²) in [6.45, 7) is 4.63. The van der Waals surface area contributed by atoms with Crippen molar-refractivity contribution in [3.05, 3.63) is 41.6 Å². The monoisotopic (exact) mass is 441 g/mol. The molecule has 0 bridgehead atoms. The van der Waals surface area contributed by atoms with Crippen molar-refractivity contribution in [3.8, 4) is 0 Å². The van der Waals surface area contributed by atoms with Gasteiger partial charge in [0.05, 0.1) is 6.10 Å². The van der Waals surface area contributed by atoms with Crippen molar-refractivity contribution in [2.24, 2.45) is 0 Å². The third-order valence-corrected chi connectivity index (χ3v) is 4.63. The minimum Gasteiger partial charge on any atom is -0.461 e. The number of nitrogens with zero attached hydrogens (tertiary/aromatic N) is 2. The van der Waals surface area contributed by atoms with Gasteiger partial charge in [0.1, 0.15) is 12.1 Å². The van der Waals surface area contributed by atoms with Crippen molar-refractivity contribution < 1.29 is 28.7 Å². The number of ether oxygens (including phenoxy) is 1. The van der Waals surface area contributed by atoms with Crippen LogP contribution < -0.4 is 10.6 Å². The molecule has 2 amide bonds. The second-order valence-electron chi connectivity index (χ2n) is 7.61. The Balaban J connectivity index is 2.20. The first kappa shape index (κ1) is 24.5. The zero-order chi connectivity index (χ0) is 23.7. The van der Waals surface area contributed by atoms with Gasteiger partial charge in [-0.2, -0.15) is 4.79 Å². The number of nitrogens with one attached hydrogen (secondary N) is 3. The van der Waals surface area contributed by atoms with E-state index in [0.29, 0.717) is 0 Å². The molecule has 2 atom stereocenters. The summed E-state index contributed by atoms with van der Waals surface area (Å²) in [7, 11) is 0. The number of hydrogen-bond acceptors (Lipinski definition) is 5. The van der Waals surface area contributed by atoms with Crippen molar-refractivity contribution in [1.82, 2.24) is 15.6 Å². The number of benzene rings is 1. The molecule has 0 unspecified atom stereocenters. The molecule has 3 N–H and O–H groups in total. The number of aromatic amines is 1. The van der Waals surface area contributed by atoms with Crippen LogP contribution in [0.2, 0.25) is 0 Å². The van der Waals surface area contributed by atoms with Gasteiger partial charge in [-0.15, -0.1) is 0 Å². The van der Waals surface area contributed by atoms with E-state index in [0.717, 1.165) is 22.7 Å². The van der Waals surface area contributed by atoms with Crippen molar-refractivity contribution >= 4 is 40.7 Å². The van der Waals surface area contributed by atoms with E-state index in [4.69, 9.17) is 10.3 Å². The average Bonchev–Trinajstić information content (AvgIpc) is 3.12. The molecule has 170 valence electrons. The van der Waals surface area contributed by atoms with Crippen LogP contribution in [-0.2, 0) is 30.3 Å². The van der Waals surface area contributed by atoms with Crippen molar-refractivity contribution in [2.75, 3.05) is 0 Å². The number of carbonyl (C=O) groups is 4. The number of H-pyrrole nitrogens is 1. The van der Waals surface area contributed by atoms with Crippen LogP contribution in [0.3, 0.4) is 0 Å². The van der Waals surface area contributed by atoms with Crippen LogP contribution in [0.25, 0.3) is 16.4 Å². The van der Waals surface area contributed by atoms with Gasteiger partial charge in [0, 0.05) is 36.9 Å². The number of ketones is 1. The summed E-state index contributed by atoms with van der Waals surface area (Å²) in [6.07, 6.45) is 2.07. The zero-order valence-corrected chi connectivity index (χ0v) is 18.3. The van der Waals surface area contributed by atoms with Crippen LogP contribution in [-0.4, -0.2) is 57.7 Å². The van der Waals surface area contributed by atoms with Gasteiger partial charge >= 0.3 is 12.2 Å². The van der Waals surface area contributed by atoms with Crippen molar-refractivity contribution in [2.45, 2.75) is 58.2 Å². The highest BCUT2D eigenvalue weighted by Gasteiger charge is 2.29. The maximum Gasteiger partial charge on any atom is 0.328 e. The van der Waals surface area contributed by atoms with Crippen LogP contribution in [0.5, 0.6) is 0 Å². The first-order chi connectivity index (χ1) is 15.2. The van der Waals surface area contributed by atoms with E-state index in [2.05, 4.69) is 20.4 Å². The third-order valence-electron chi connectivity index (χ3n) is 4.63. The molecule has 10 nitrogen and oxygen atoms in total. The molecule has 1 aromatic heterocycles. The summed E-state index contributed by atoms with van der Waals surface area (Å²) in [5.74, 6) is -2.20. The molecular weight excluding hydrogens is 414 g/mol. The highest BCUT2D eigenvalue weighted by Crippen LogP contribution is 2.19. The summed E-state index contributed by atoms with van der Waals surface area (Å²) < 4.78 is 5.19. The maximum absolute atomic E-state index is 13.0. The minimum absolute atomic E-state index is 0.0535. The molecule has 1 heterocycles. The summed E-state index contributed by atoms with van der Waals surface area (Å²) in [4.78, 5) is 54.7. The van der Waals surface area contributed by atoms with Crippen LogP contribution >= 0.6 is 0 Å². The van der Waals surface area contributed by atoms with E-state index in [1.807, 2.05) is 24.3 Å². The molecule has 0 saturated heterocycles. The lowest BCUT2D eigenvalue weighted by Gasteiger charge is -2.23.